The minimum atomic E-state index is -1.03. The molecule has 16 heavy (non-hydrogen) atoms. The first-order valence-corrected chi connectivity index (χ1v) is 5.32. The second kappa shape index (κ2) is 4.06. The molecule has 1 heterocycles. The van der Waals surface area contributed by atoms with E-state index in [-0.39, 0.29) is 0 Å². The maximum absolute atomic E-state index is 10.5. The minimum Gasteiger partial charge on any atom is -0.379 e. The highest BCUT2D eigenvalue weighted by atomic mass is 16.3. The standard InChI is InChI=1S/C14H15NO/c1-11-8-9-15-13(10-11)14(2,16)12-6-4-3-5-7-12/h3-10,16H,1-2H3. The Morgan fingerprint density at radius 2 is 1.81 bits per heavy atom. The van der Waals surface area contributed by atoms with Crippen molar-refractivity contribution in [2.75, 3.05) is 0 Å². The van der Waals surface area contributed by atoms with Crippen molar-refractivity contribution in [2.45, 2.75) is 19.4 Å². The van der Waals surface area contributed by atoms with Crippen molar-refractivity contribution in [3.63, 3.8) is 0 Å². The minimum absolute atomic E-state index is 0.679. The van der Waals surface area contributed by atoms with Gasteiger partial charge < -0.3 is 5.11 Å². The molecule has 2 rings (SSSR count). The summed E-state index contributed by atoms with van der Waals surface area (Å²) in [6.45, 7) is 3.76. The molecule has 0 bridgehead atoms. The van der Waals surface area contributed by atoms with Crippen LogP contribution in [0.4, 0.5) is 0 Å². The fraction of sp³-hybridized carbons (Fsp3) is 0.214. The number of aryl methyl sites for hydroxylation is 1. The highest BCUT2D eigenvalue weighted by molar-refractivity contribution is 5.32. The first kappa shape index (κ1) is 10.8. The normalized spacial score (nSPS) is 14.4. The summed E-state index contributed by atoms with van der Waals surface area (Å²) in [6.07, 6.45) is 1.72. The van der Waals surface area contributed by atoms with E-state index < -0.39 is 5.60 Å². The van der Waals surface area contributed by atoms with Crippen molar-refractivity contribution in [3.05, 3.63) is 65.5 Å². The zero-order valence-electron chi connectivity index (χ0n) is 9.51. The molecule has 0 saturated heterocycles. The molecule has 1 unspecified atom stereocenters. The molecule has 0 aliphatic carbocycles. The first-order chi connectivity index (χ1) is 7.60. The Labute approximate surface area is 95.6 Å². The Kier molecular flexibility index (Phi) is 2.75. The van der Waals surface area contributed by atoms with Crippen LogP contribution >= 0.6 is 0 Å². The zero-order chi connectivity index (χ0) is 11.6. The summed E-state index contributed by atoms with van der Waals surface area (Å²) in [6, 6.07) is 13.4. The maximum atomic E-state index is 10.5. The number of rotatable bonds is 2. The summed E-state index contributed by atoms with van der Waals surface area (Å²) in [5.41, 5.74) is 1.60. The van der Waals surface area contributed by atoms with Crippen LogP contribution in [0.2, 0.25) is 0 Å². The highest BCUT2D eigenvalue weighted by Crippen LogP contribution is 2.27. The van der Waals surface area contributed by atoms with Crippen LogP contribution in [-0.4, -0.2) is 10.1 Å². The fourth-order valence-electron chi connectivity index (χ4n) is 1.71. The molecule has 82 valence electrons. The van der Waals surface area contributed by atoms with Gasteiger partial charge in [-0.3, -0.25) is 4.98 Å². The van der Waals surface area contributed by atoms with Crippen molar-refractivity contribution < 1.29 is 5.11 Å². The van der Waals surface area contributed by atoms with Crippen LogP contribution in [0.25, 0.3) is 0 Å². The molecular formula is C14H15NO. The molecule has 2 aromatic rings. The number of hydrogen-bond donors (Lipinski definition) is 1. The quantitative estimate of drug-likeness (QED) is 0.832. The van der Waals surface area contributed by atoms with Crippen LogP contribution in [0, 0.1) is 6.92 Å². The van der Waals surface area contributed by atoms with Gasteiger partial charge in [0.15, 0.2) is 0 Å². The zero-order valence-corrected chi connectivity index (χ0v) is 9.51. The van der Waals surface area contributed by atoms with Crippen molar-refractivity contribution in [3.8, 4) is 0 Å². The van der Waals surface area contributed by atoms with E-state index in [1.165, 1.54) is 0 Å². The second-order valence-electron chi connectivity index (χ2n) is 4.16. The lowest BCUT2D eigenvalue weighted by Gasteiger charge is -2.23. The molecule has 1 N–H and O–H groups in total. The number of hydrogen-bond acceptors (Lipinski definition) is 2. The largest absolute Gasteiger partial charge is 0.379 e. The topological polar surface area (TPSA) is 33.1 Å². The molecular weight excluding hydrogens is 198 g/mol. The van der Waals surface area contributed by atoms with E-state index in [0.717, 1.165) is 11.1 Å². The van der Waals surface area contributed by atoms with Gasteiger partial charge in [0.25, 0.3) is 0 Å². The summed E-state index contributed by atoms with van der Waals surface area (Å²) in [7, 11) is 0. The number of aromatic nitrogens is 1. The number of aliphatic hydroxyl groups is 1. The fourth-order valence-corrected chi connectivity index (χ4v) is 1.71. The van der Waals surface area contributed by atoms with Crippen LogP contribution < -0.4 is 0 Å². The van der Waals surface area contributed by atoms with Gasteiger partial charge in [0.05, 0.1) is 5.69 Å². The van der Waals surface area contributed by atoms with Gasteiger partial charge in [-0.2, -0.15) is 0 Å². The molecule has 0 fully saturated rings. The van der Waals surface area contributed by atoms with Crippen molar-refractivity contribution in [1.29, 1.82) is 0 Å². The van der Waals surface area contributed by atoms with Gasteiger partial charge in [-0.05, 0) is 37.1 Å². The number of pyridine rings is 1. The van der Waals surface area contributed by atoms with Crippen LogP contribution in [0.5, 0.6) is 0 Å². The SMILES string of the molecule is Cc1ccnc(C(C)(O)c2ccccc2)c1. The molecule has 0 aliphatic rings. The Hall–Kier alpha value is -1.67. The summed E-state index contributed by atoms with van der Waals surface area (Å²) >= 11 is 0. The van der Waals surface area contributed by atoms with Crippen LogP contribution in [0.15, 0.2) is 48.7 Å². The predicted octanol–water partition coefficient (Wildman–Crippen LogP) is 2.65. The van der Waals surface area contributed by atoms with Gasteiger partial charge in [-0.25, -0.2) is 0 Å². The van der Waals surface area contributed by atoms with Gasteiger partial charge in [-0.1, -0.05) is 30.3 Å². The molecule has 0 aliphatic heterocycles. The van der Waals surface area contributed by atoms with Crippen molar-refractivity contribution in [2.24, 2.45) is 0 Å². The molecule has 2 heteroatoms. The molecule has 0 saturated carbocycles. The van der Waals surface area contributed by atoms with Crippen LogP contribution in [0.1, 0.15) is 23.7 Å². The van der Waals surface area contributed by atoms with Gasteiger partial charge in [0.1, 0.15) is 5.60 Å². The van der Waals surface area contributed by atoms with E-state index >= 15 is 0 Å². The molecule has 1 aromatic carbocycles. The molecule has 0 spiro atoms. The van der Waals surface area contributed by atoms with Gasteiger partial charge >= 0.3 is 0 Å². The van der Waals surface area contributed by atoms with E-state index in [1.807, 2.05) is 49.4 Å². The van der Waals surface area contributed by atoms with Crippen molar-refractivity contribution >= 4 is 0 Å². The highest BCUT2D eigenvalue weighted by Gasteiger charge is 2.26. The van der Waals surface area contributed by atoms with Crippen LogP contribution in [0.3, 0.4) is 0 Å². The van der Waals surface area contributed by atoms with Crippen LogP contribution in [-0.2, 0) is 5.60 Å². The first-order valence-electron chi connectivity index (χ1n) is 5.32. The van der Waals surface area contributed by atoms with E-state index in [9.17, 15) is 5.11 Å². The lowest BCUT2D eigenvalue weighted by Crippen LogP contribution is -2.24. The van der Waals surface area contributed by atoms with E-state index in [0.29, 0.717) is 5.69 Å². The average molecular weight is 213 g/mol. The molecule has 0 amide bonds. The van der Waals surface area contributed by atoms with E-state index in [4.69, 9.17) is 0 Å². The Morgan fingerprint density at radius 1 is 1.12 bits per heavy atom. The molecule has 0 radical (unpaired) electrons. The monoisotopic (exact) mass is 213 g/mol. The van der Waals surface area contributed by atoms with E-state index in [2.05, 4.69) is 4.98 Å². The van der Waals surface area contributed by atoms with Gasteiger partial charge in [-0.15, -0.1) is 0 Å². The molecule has 1 aromatic heterocycles. The third-order valence-electron chi connectivity index (χ3n) is 2.75. The van der Waals surface area contributed by atoms with Gasteiger partial charge in [0.2, 0.25) is 0 Å². The van der Waals surface area contributed by atoms with Crippen molar-refractivity contribution in [1.82, 2.24) is 4.98 Å². The smallest absolute Gasteiger partial charge is 0.129 e. The number of benzene rings is 1. The third-order valence-corrected chi connectivity index (χ3v) is 2.75. The Bertz CT molecular complexity index is 477. The lowest BCUT2D eigenvalue weighted by molar-refractivity contribution is 0.0973. The van der Waals surface area contributed by atoms with E-state index in [1.54, 1.807) is 13.1 Å². The Balaban J connectivity index is 2.47. The molecule has 1 atom stereocenters. The predicted molar refractivity (Wildman–Crippen MR) is 64.1 cm³/mol. The third kappa shape index (κ3) is 1.97. The maximum Gasteiger partial charge on any atom is 0.129 e. The summed E-state index contributed by atoms with van der Waals surface area (Å²) in [5, 5.41) is 10.5. The summed E-state index contributed by atoms with van der Waals surface area (Å²) in [4.78, 5) is 4.24. The van der Waals surface area contributed by atoms with Gasteiger partial charge in [0, 0.05) is 6.20 Å². The summed E-state index contributed by atoms with van der Waals surface area (Å²) in [5.74, 6) is 0. The Morgan fingerprint density at radius 3 is 2.44 bits per heavy atom. The molecule has 2 nitrogen and oxygen atoms in total. The number of nitrogens with zero attached hydrogens (tertiary/aromatic N) is 1. The summed E-state index contributed by atoms with van der Waals surface area (Å²) < 4.78 is 0. The lowest BCUT2D eigenvalue weighted by atomic mass is 9.91. The second-order valence-corrected chi connectivity index (χ2v) is 4.16. The average Bonchev–Trinajstić information content (AvgIpc) is 2.30.